The predicted octanol–water partition coefficient (Wildman–Crippen LogP) is 9.38. The third kappa shape index (κ3) is 24.9. The van der Waals surface area contributed by atoms with Gasteiger partial charge in [-0.15, -0.1) is 0 Å². The molecule has 4 radical (unpaired) electrons. The first kappa shape index (κ1) is 90.6. The zero-order valence-electron chi connectivity index (χ0n) is 65.3. The molecule has 4 unspecified atom stereocenters. The molecule has 0 aliphatic rings. The van der Waals surface area contributed by atoms with E-state index in [0.29, 0.717) is 0 Å². The fourth-order valence-electron chi connectivity index (χ4n) is 15.3. The van der Waals surface area contributed by atoms with Crippen molar-refractivity contribution < 1.29 is 40.9 Å². The third-order valence-electron chi connectivity index (χ3n) is 21.3. The molecule has 0 spiro atoms. The van der Waals surface area contributed by atoms with E-state index in [1.807, 2.05) is 113 Å². The fraction of sp³-hybridized carbons (Fsp3) is 0.160. The van der Waals surface area contributed by atoms with Crippen LogP contribution in [0.2, 0.25) is 21.0 Å². The zero-order valence-corrected chi connectivity index (χ0v) is 80.7. The summed E-state index contributed by atoms with van der Waals surface area (Å²) in [4.78, 5) is 0. The van der Waals surface area contributed by atoms with Crippen molar-refractivity contribution in [2.45, 2.75) is 73.9 Å². The Balaban J connectivity index is 0.000000164. The predicted molar refractivity (Wildman–Crippen MR) is 488 cm³/mol. The molecule has 0 amide bonds. The van der Waals surface area contributed by atoms with Gasteiger partial charge in [0.1, 0.15) is 0 Å². The minimum atomic E-state index is -3.05. The third-order valence-corrected chi connectivity index (χ3v) is 67.3. The molecule has 580 valence electrons. The molecule has 14 aromatic rings. The molecule has 0 saturated heterocycles. The summed E-state index contributed by atoms with van der Waals surface area (Å²) in [6.07, 6.45) is -5.22. The number of aliphatic hydroxyl groups is 8. The van der Waals surface area contributed by atoms with Crippen LogP contribution in [0.5, 0.6) is 0 Å². The second kappa shape index (κ2) is 47.2. The Labute approximate surface area is 717 Å². The molecule has 14 heteroatoms. The average molecular weight is 2140 g/mol. The van der Waals surface area contributed by atoms with E-state index >= 15 is 0 Å². The minimum absolute atomic E-state index is 0.194. The van der Waals surface area contributed by atoms with Crippen LogP contribution in [-0.2, 0) is 0 Å². The van der Waals surface area contributed by atoms with Gasteiger partial charge in [0.15, 0.2) is 0 Å². The molecule has 114 heavy (non-hydrogen) atoms. The molecule has 0 aromatic heterocycles. The SMILES string of the molecule is CC([CH2][Ge]([c]1ccccc1)([c]1ccccc1)[c]1ccccc1)C(O)O.CC([CH2][Ge]([c]1ccccc1)([c]1ccccc1)[c]1ccccc1)C(O)O.CC([CH2][Ge]([c]1ccccc1)([c]1ccccc1)[c]1ccccc1)C(O)O.CC([CH2][Ge]([c]1ccccc1)([c]1ccccc1)[c]1ccccc1)C(O)O.[Bi][c]1ccccc1.[Bi][c]1ccccc1. The van der Waals surface area contributed by atoms with Crippen molar-refractivity contribution in [3.8, 4) is 0 Å². The quantitative estimate of drug-likeness (QED) is 0.0220. The van der Waals surface area contributed by atoms with E-state index in [0.717, 1.165) is 21.0 Å². The van der Waals surface area contributed by atoms with E-state index in [9.17, 15) is 40.9 Å². The second-order valence-electron chi connectivity index (χ2n) is 29.1. The summed E-state index contributed by atoms with van der Waals surface area (Å²) in [5, 5.41) is 81.6. The Morgan fingerprint density at radius 3 is 0.325 bits per heavy atom. The molecular formula is C100H106Bi2Ge4O8. The van der Waals surface area contributed by atoms with Crippen molar-refractivity contribution in [1.82, 2.24) is 0 Å². The number of rotatable bonds is 24. The van der Waals surface area contributed by atoms with Gasteiger partial charge in [0.2, 0.25) is 0 Å². The van der Waals surface area contributed by atoms with Gasteiger partial charge in [0.05, 0.1) is 0 Å². The molecule has 8 N–H and O–H groups in total. The molecule has 14 aromatic carbocycles. The normalized spacial score (nSPS) is 12.4. The molecule has 0 aliphatic heterocycles. The molecule has 14 rings (SSSR count). The molecule has 0 bridgehead atoms. The van der Waals surface area contributed by atoms with Gasteiger partial charge in [-0.05, 0) is 0 Å². The van der Waals surface area contributed by atoms with Gasteiger partial charge in [-0.1, -0.05) is 0 Å². The van der Waals surface area contributed by atoms with E-state index in [2.05, 4.69) is 340 Å². The molecular weight excluding hydrogens is 2040 g/mol. The van der Waals surface area contributed by atoms with Gasteiger partial charge in [-0.2, -0.15) is 0 Å². The van der Waals surface area contributed by atoms with Crippen LogP contribution in [0.25, 0.3) is 0 Å². The van der Waals surface area contributed by atoms with Crippen LogP contribution in [-0.4, -0.2) is 169 Å². The summed E-state index contributed by atoms with van der Waals surface area (Å²) in [5.74, 6) is -0.775. The zero-order chi connectivity index (χ0) is 81.0. The van der Waals surface area contributed by atoms with E-state index in [-0.39, 0.29) is 23.7 Å². The van der Waals surface area contributed by atoms with Gasteiger partial charge in [-0.3, -0.25) is 0 Å². The summed E-state index contributed by atoms with van der Waals surface area (Å²) >= 11 is -9.47. The van der Waals surface area contributed by atoms with Crippen LogP contribution in [0.15, 0.2) is 425 Å². The first-order valence-electron chi connectivity index (χ1n) is 39.0. The van der Waals surface area contributed by atoms with Crippen molar-refractivity contribution in [3.63, 3.8) is 0 Å². The molecule has 0 fully saturated rings. The Kier molecular flexibility index (Phi) is 37.5. The van der Waals surface area contributed by atoms with Gasteiger partial charge in [-0.25, -0.2) is 0 Å². The number of benzene rings is 14. The summed E-state index contributed by atoms with van der Waals surface area (Å²) in [6.45, 7) is 7.72. The topological polar surface area (TPSA) is 162 Å². The van der Waals surface area contributed by atoms with Crippen molar-refractivity contribution in [2.24, 2.45) is 23.7 Å². The van der Waals surface area contributed by atoms with Gasteiger partial charge in [0, 0.05) is 0 Å². The Morgan fingerprint density at radius 1 is 0.167 bits per heavy atom. The first-order valence-corrected chi connectivity index (χ1v) is 61.0. The van der Waals surface area contributed by atoms with Crippen LogP contribution in [0.4, 0.5) is 0 Å². The van der Waals surface area contributed by atoms with E-state index in [4.69, 9.17) is 0 Å². The van der Waals surface area contributed by atoms with Crippen LogP contribution >= 0.6 is 0 Å². The number of aliphatic hydroxyl groups excluding tert-OH is 4. The van der Waals surface area contributed by atoms with Crippen LogP contribution in [0, 0.1) is 23.7 Å². The summed E-state index contributed by atoms with van der Waals surface area (Å²) in [6, 6.07) is 148. The van der Waals surface area contributed by atoms with Gasteiger partial charge < -0.3 is 0 Å². The average Bonchev–Trinajstić information content (AvgIpc) is 0.775. The second-order valence-corrected chi connectivity index (χ2v) is 66.2. The van der Waals surface area contributed by atoms with Gasteiger partial charge in [0.25, 0.3) is 0 Å². The first-order chi connectivity index (χ1) is 55.4. The van der Waals surface area contributed by atoms with Crippen molar-refractivity contribution >= 4 is 162 Å². The summed E-state index contributed by atoms with van der Waals surface area (Å²) in [7, 11) is 0. The monoisotopic (exact) mass is 2150 g/mol. The van der Waals surface area contributed by atoms with Crippen LogP contribution in [0.1, 0.15) is 27.7 Å². The maximum atomic E-state index is 9.81. The molecule has 0 heterocycles. The van der Waals surface area contributed by atoms with Crippen molar-refractivity contribution in [2.75, 3.05) is 0 Å². The standard InChI is InChI=1S/4C22H24GeO2.2C6H5.2Bi/c4*1-18(22(24)25)17-23(19-11-5-2-6-12-19,20-13-7-3-8-14-20)21-15-9-4-10-16-21;2*1-2-4-6-5-3-1;;/h4*2-16,18,22,24-25H,17H2,1H3;2*1-5H;;. The summed E-state index contributed by atoms with van der Waals surface area (Å²) < 4.78 is 18.9. The Morgan fingerprint density at radius 2 is 0.254 bits per heavy atom. The number of hydrogen-bond donors (Lipinski definition) is 8. The molecule has 0 aliphatic carbocycles. The summed E-state index contributed by atoms with van der Waals surface area (Å²) in [5.41, 5.74) is 0. The van der Waals surface area contributed by atoms with Crippen molar-refractivity contribution in [3.05, 3.63) is 425 Å². The van der Waals surface area contributed by atoms with E-state index in [1.165, 1.54) is 109 Å². The Bertz CT molecular complexity index is 3900. The van der Waals surface area contributed by atoms with E-state index < -0.39 is 78.2 Å². The van der Waals surface area contributed by atoms with E-state index in [1.54, 1.807) is 0 Å². The Hall–Kier alpha value is -7.30. The molecule has 0 saturated carbocycles. The molecule has 4 atom stereocenters. The van der Waals surface area contributed by atoms with Crippen molar-refractivity contribution in [1.29, 1.82) is 0 Å². The van der Waals surface area contributed by atoms with Gasteiger partial charge >= 0.3 is 725 Å². The van der Waals surface area contributed by atoms with Crippen LogP contribution in [0.3, 0.4) is 0 Å². The number of hydrogen-bond acceptors (Lipinski definition) is 8. The maximum absolute atomic E-state index is 9.81. The van der Waals surface area contributed by atoms with Crippen LogP contribution < -0.4 is 59.3 Å². The fourth-order valence-corrected chi connectivity index (χ4v) is 60.0. The molecule has 8 nitrogen and oxygen atoms in total.